The van der Waals surface area contributed by atoms with Crippen LogP contribution in [0.3, 0.4) is 0 Å². The molecule has 2 saturated heterocycles. The zero-order valence-electron chi connectivity index (χ0n) is 11.3. The number of thioether (sulfide) groups is 2. The fourth-order valence-electron chi connectivity index (χ4n) is 2.28. The van der Waals surface area contributed by atoms with Gasteiger partial charge in [-0.1, -0.05) is 36.8 Å². The maximum atomic E-state index is 5.96. The van der Waals surface area contributed by atoms with Gasteiger partial charge < -0.3 is 33.0 Å². The standard InChI is InChI=1S/C14H17O2S2.Li/c1-2-5-12(6-3-1)14(15-7-8-16-14)11-13-17-9-4-10-18-13;/h1-3,5-6H,4,7-11H2;/q-1;+1. The molecule has 0 amide bonds. The zero-order valence-corrected chi connectivity index (χ0v) is 12.9. The van der Waals surface area contributed by atoms with Gasteiger partial charge in [-0.15, -0.1) is 0 Å². The summed E-state index contributed by atoms with van der Waals surface area (Å²) < 4.78 is 13.4. The van der Waals surface area contributed by atoms with Gasteiger partial charge in [0.25, 0.3) is 0 Å². The molecule has 0 bridgehead atoms. The van der Waals surface area contributed by atoms with Crippen LogP contribution in [0.15, 0.2) is 30.3 Å². The largest absolute Gasteiger partial charge is 1.00 e. The van der Waals surface area contributed by atoms with Gasteiger partial charge in [0, 0.05) is 5.56 Å². The molecule has 0 aliphatic carbocycles. The van der Waals surface area contributed by atoms with Crippen molar-refractivity contribution in [3.8, 4) is 0 Å². The molecule has 1 aromatic carbocycles. The summed E-state index contributed by atoms with van der Waals surface area (Å²) in [5.41, 5.74) is 1.14. The zero-order chi connectivity index (χ0) is 12.3. The van der Waals surface area contributed by atoms with Gasteiger partial charge in [-0.25, -0.2) is 0 Å². The second-order valence-corrected chi connectivity index (χ2v) is 7.05. The van der Waals surface area contributed by atoms with E-state index in [4.69, 9.17) is 9.47 Å². The minimum Gasteiger partial charge on any atom is -0.346 e. The monoisotopic (exact) mass is 288 g/mol. The molecular formula is C14H17LiO2S2. The Balaban J connectivity index is 0.00000133. The molecule has 2 heterocycles. The van der Waals surface area contributed by atoms with Crippen molar-refractivity contribution in [3.05, 3.63) is 40.5 Å². The predicted molar refractivity (Wildman–Crippen MR) is 77.4 cm³/mol. The van der Waals surface area contributed by atoms with Crippen LogP contribution in [0, 0.1) is 4.58 Å². The van der Waals surface area contributed by atoms with Gasteiger partial charge in [0.1, 0.15) is 0 Å². The van der Waals surface area contributed by atoms with Crippen molar-refractivity contribution in [1.29, 1.82) is 0 Å². The SMILES string of the molecule is [Li+].c1ccc(C2(C[C-]3SCCCS3)OCCO2)cc1. The average Bonchev–Trinajstić information content (AvgIpc) is 2.91. The first-order valence-electron chi connectivity index (χ1n) is 6.34. The molecule has 2 aliphatic rings. The van der Waals surface area contributed by atoms with E-state index in [1.165, 1.54) is 22.5 Å². The molecule has 2 fully saturated rings. The van der Waals surface area contributed by atoms with Crippen molar-refractivity contribution in [2.75, 3.05) is 24.7 Å². The Hall–Kier alpha value is 0.437. The van der Waals surface area contributed by atoms with Gasteiger partial charge in [0.2, 0.25) is 0 Å². The van der Waals surface area contributed by atoms with Crippen LogP contribution in [-0.4, -0.2) is 24.7 Å². The van der Waals surface area contributed by atoms with Gasteiger partial charge in [0.05, 0.1) is 13.2 Å². The molecule has 0 atom stereocenters. The maximum absolute atomic E-state index is 5.96. The maximum Gasteiger partial charge on any atom is 1.00 e. The molecule has 0 radical (unpaired) electrons. The molecular weight excluding hydrogens is 271 g/mol. The van der Waals surface area contributed by atoms with Gasteiger partial charge in [0.15, 0.2) is 5.79 Å². The molecule has 0 N–H and O–H groups in total. The van der Waals surface area contributed by atoms with E-state index < -0.39 is 5.79 Å². The Morgan fingerprint density at radius 1 is 1.05 bits per heavy atom. The van der Waals surface area contributed by atoms with Gasteiger partial charge in [-0.3, -0.25) is 0 Å². The van der Waals surface area contributed by atoms with Crippen molar-refractivity contribution in [2.24, 2.45) is 0 Å². The summed E-state index contributed by atoms with van der Waals surface area (Å²) >= 11 is 3.93. The molecule has 0 aromatic heterocycles. The Morgan fingerprint density at radius 2 is 1.68 bits per heavy atom. The van der Waals surface area contributed by atoms with Crippen LogP contribution in [0.5, 0.6) is 0 Å². The molecule has 98 valence electrons. The van der Waals surface area contributed by atoms with E-state index in [9.17, 15) is 0 Å². The van der Waals surface area contributed by atoms with E-state index in [-0.39, 0.29) is 18.9 Å². The summed E-state index contributed by atoms with van der Waals surface area (Å²) in [5, 5.41) is 0. The molecule has 1 aromatic rings. The summed E-state index contributed by atoms with van der Waals surface area (Å²) in [6.45, 7) is 1.38. The fraction of sp³-hybridized carbons (Fsp3) is 0.500. The average molecular weight is 288 g/mol. The van der Waals surface area contributed by atoms with Crippen molar-refractivity contribution < 1.29 is 28.3 Å². The van der Waals surface area contributed by atoms with Crippen LogP contribution in [-0.2, 0) is 15.3 Å². The summed E-state index contributed by atoms with van der Waals surface area (Å²) in [4.78, 5) is 0. The second kappa shape index (κ2) is 7.45. The van der Waals surface area contributed by atoms with Crippen molar-refractivity contribution in [2.45, 2.75) is 18.6 Å². The Labute approximate surface area is 135 Å². The van der Waals surface area contributed by atoms with Crippen LogP contribution in [0.1, 0.15) is 18.4 Å². The van der Waals surface area contributed by atoms with Gasteiger partial charge in [-0.2, -0.15) is 4.58 Å². The first kappa shape index (κ1) is 15.8. The van der Waals surface area contributed by atoms with Gasteiger partial charge in [-0.05, 0) is 17.9 Å². The number of rotatable bonds is 3. The van der Waals surface area contributed by atoms with E-state index in [0.29, 0.717) is 13.2 Å². The smallest absolute Gasteiger partial charge is 0.346 e. The van der Waals surface area contributed by atoms with E-state index in [0.717, 1.165) is 12.0 Å². The van der Waals surface area contributed by atoms with E-state index in [1.807, 2.05) is 41.7 Å². The number of ether oxygens (including phenoxy) is 2. The first-order chi connectivity index (χ1) is 8.89. The van der Waals surface area contributed by atoms with Crippen LogP contribution in [0.25, 0.3) is 0 Å². The first-order valence-corrected chi connectivity index (χ1v) is 8.31. The molecule has 0 saturated carbocycles. The molecule has 3 rings (SSSR count). The number of hydrogen-bond donors (Lipinski definition) is 0. The van der Waals surface area contributed by atoms with E-state index in [2.05, 4.69) is 12.1 Å². The normalized spacial score (nSPS) is 22.9. The van der Waals surface area contributed by atoms with E-state index in [1.54, 1.807) is 0 Å². The van der Waals surface area contributed by atoms with Crippen LogP contribution in [0.4, 0.5) is 0 Å². The summed E-state index contributed by atoms with van der Waals surface area (Å²) in [5.74, 6) is 1.92. The summed E-state index contributed by atoms with van der Waals surface area (Å²) in [6, 6.07) is 10.3. The second-order valence-electron chi connectivity index (χ2n) is 4.42. The Morgan fingerprint density at radius 3 is 2.32 bits per heavy atom. The van der Waals surface area contributed by atoms with Crippen LogP contribution < -0.4 is 18.9 Å². The minimum atomic E-state index is -0.534. The summed E-state index contributed by atoms with van der Waals surface area (Å²) in [6.07, 6.45) is 2.17. The molecule has 0 unspecified atom stereocenters. The third-order valence-corrected chi connectivity index (χ3v) is 5.78. The molecule has 2 aliphatic heterocycles. The van der Waals surface area contributed by atoms with Crippen molar-refractivity contribution >= 4 is 23.5 Å². The number of hydrogen-bond acceptors (Lipinski definition) is 4. The predicted octanol–water partition coefficient (Wildman–Crippen LogP) is 0.640. The third-order valence-electron chi connectivity index (χ3n) is 3.16. The molecule has 19 heavy (non-hydrogen) atoms. The van der Waals surface area contributed by atoms with Gasteiger partial charge >= 0.3 is 18.9 Å². The minimum absolute atomic E-state index is 0. The quantitative estimate of drug-likeness (QED) is 0.600. The fourth-order valence-corrected chi connectivity index (χ4v) is 4.92. The van der Waals surface area contributed by atoms with Crippen molar-refractivity contribution in [3.63, 3.8) is 0 Å². The molecule has 5 heteroatoms. The molecule has 2 nitrogen and oxygen atoms in total. The van der Waals surface area contributed by atoms with Crippen molar-refractivity contribution in [1.82, 2.24) is 0 Å². The van der Waals surface area contributed by atoms with Crippen LogP contribution in [0.2, 0.25) is 0 Å². The molecule has 0 spiro atoms. The third kappa shape index (κ3) is 3.75. The number of benzene rings is 1. The van der Waals surface area contributed by atoms with Crippen LogP contribution >= 0.6 is 23.5 Å². The topological polar surface area (TPSA) is 18.5 Å². The summed E-state index contributed by atoms with van der Waals surface area (Å²) in [7, 11) is 0. The van der Waals surface area contributed by atoms with E-state index >= 15 is 0 Å². The Bertz CT molecular complexity index is 376. The Kier molecular flexibility index (Phi) is 6.20.